The summed E-state index contributed by atoms with van der Waals surface area (Å²) in [5.41, 5.74) is 4.77. The van der Waals surface area contributed by atoms with Gasteiger partial charge in [-0.05, 0) is 54.4 Å². The topological polar surface area (TPSA) is 69.2 Å². The van der Waals surface area contributed by atoms with Crippen LogP contribution in [0, 0.1) is 0 Å². The number of methoxy groups -OCH3 is 1. The van der Waals surface area contributed by atoms with Crippen molar-refractivity contribution in [1.82, 2.24) is 5.43 Å². The molecule has 0 aromatic heterocycles. The molecule has 0 radical (unpaired) electrons. The van der Waals surface area contributed by atoms with Crippen LogP contribution in [0.4, 0.5) is 0 Å². The molecule has 0 bridgehead atoms. The number of hydrogen-bond acceptors (Lipinski definition) is 5. The minimum Gasteiger partial charge on any atom is -0.497 e. The van der Waals surface area contributed by atoms with E-state index in [9.17, 15) is 4.79 Å². The summed E-state index contributed by atoms with van der Waals surface area (Å²) in [5, 5.41) is 4.24. The van der Waals surface area contributed by atoms with Crippen molar-refractivity contribution in [2.75, 3.05) is 13.9 Å². The molecule has 1 N–H and O–H groups in total. The standard InChI is InChI=1S/C18H18N2O4/c1-3-15(12-4-7-14(22-2)8-5-12)19-20-18(21)13-6-9-16-17(10-13)24-11-23-16/h4-10H,3,11H2,1-2H3,(H,20,21). The predicted molar refractivity (Wildman–Crippen MR) is 89.9 cm³/mol. The molecule has 24 heavy (non-hydrogen) atoms. The molecule has 1 aliphatic heterocycles. The van der Waals surface area contributed by atoms with Crippen LogP contribution in [0.15, 0.2) is 47.6 Å². The molecule has 6 nitrogen and oxygen atoms in total. The molecule has 2 aromatic carbocycles. The summed E-state index contributed by atoms with van der Waals surface area (Å²) in [7, 11) is 1.62. The van der Waals surface area contributed by atoms with Crippen molar-refractivity contribution in [3.63, 3.8) is 0 Å². The van der Waals surface area contributed by atoms with E-state index in [1.807, 2.05) is 31.2 Å². The molecular weight excluding hydrogens is 308 g/mol. The summed E-state index contributed by atoms with van der Waals surface area (Å²) in [6.07, 6.45) is 0.688. The molecule has 124 valence electrons. The Kier molecular flexibility index (Phi) is 4.65. The first-order chi connectivity index (χ1) is 11.7. The second kappa shape index (κ2) is 7.04. The fourth-order valence-corrected chi connectivity index (χ4v) is 2.35. The van der Waals surface area contributed by atoms with Gasteiger partial charge >= 0.3 is 0 Å². The van der Waals surface area contributed by atoms with E-state index in [0.717, 1.165) is 17.0 Å². The number of amides is 1. The first-order valence-electron chi connectivity index (χ1n) is 7.62. The molecule has 0 spiro atoms. The summed E-state index contributed by atoms with van der Waals surface area (Å²) in [6.45, 7) is 2.16. The van der Waals surface area contributed by atoms with Crippen LogP contribution in [-0.4, -0.2) is 25.5 Å². The van der Waals surface area contributed by atoms with E-state index in [2.05, 4.69) is 10.5 Å². The van der Waals surface area contributed by atoms with Gasteiger partial charge in [-0.2, -0.15) is 5.10 Å². The molecule has 1 amide bonds. The van der Waals surface area contributed by atoms with Crippen LogP contribution < -0.4 is 19.6 Å². The van der Waals surface area contributed by atoms with Gasteiger partial charge in [-0.15, -0.1) is 0 Å². The fourth-order valence-electron chi connectivity index (χ4n) is 2.35. The Balaban J connectivity index is 1.73. The lowest BCUT2D eigenvalue weighted by molar-refractivity contribution is 0.0954. The molecule has 3 rings (SSSR count). The zero-order chi connectivity index (χ0) is 16.9. The molecule has 0 fully saturated rings. The largest absolute Gasteiger partial charge is 0.497 e. The van der Waals surface area contributed by atoms with Gasteiger partial charge in [0.05, 0.1) is 12.8 Å². The summed E-state index contributed by atoms with van der Waals surface area (Å²) in [4.78, 5) is 12.3. The van der Waals surface area contributed by atoms with Crippen molar-refractivity contribution in [3.05, 3.63) is 53.6 Å². The molecule has 0 saturated heterocycles. The highest BCUT2D eigenvalue weighted by atomic mass is 16.7. The number of benzene rings is 2. The van der Waals surface area contributed by atoms with E-state index in [1.54, 1.807) is 25.3 Å². The molecule has 2 aromatic rings. The van der Waals surface area contributed by atoms with Crippen LogP contribution in [0.1, 0.15) is 29.3 Å². The molecule has 1 aliphatic rings. The lowest BCUT2D eigenvalue weighted by Crippen LogP contribution is -2.20. The smallest absolute Gasteiger partial charge is 0.271 e. The normalized spacial score (nSPS) is 12.8. The quantitative estimate of drug-likeness (QED) is 0.677. The lowest BCUT2D eigenvalue weighted by atomic mass is 10.1. The summed E-state index contributed by atoms with van der Waals surface area (Å²) < 4.78 is 15.7. The van der Waals surface area contributed by atoms with E-state index in [0.29, 0.717) is 23.5 Å². The number of hydrazone groups is 1. The number of nitrogens with zero attached hydrogens (tertiary/aromatic N) is 1. The highest BCUT2D eigenvalue weighted by Gasteiger charge is 2.16. The van der Waals surface area contributed by atoms with Crippen LogP contribution in [0.5, 0.6) is 17.2 Å². The minimum absolute atomic E-state index is 0.177. The third-order valence-corrected chi connectivity index (χ3v) is 3.69. The maximum absolute atomic E-state index is 12.3. The predicted octanol–water partition coefficient (Wildman–Crippen LogP) is 2.97. The van der Waals surface area contributed by atoms with Gasteiger partial charge in [-0.1, -0.05) is 6.92 Å². The number of carbonyl (C=O) groups excluding carboxylic acids is 1. The van der Waals surface area contributed by atoms with Crippen molar-refractivity contribution in [2.24, 2.45) is 5.10 Å². The fraction of sp³-hybridized carbons (Fsp3) is 0.222. The van der Waals surface area contributed by atoms with E-state index in [-0.39, 0.29) is 12.7 Å². The van der Waals surface area contributed by atoms with Crippen molar-refractivity contribution in [3.8, 4) is 17.2 Å². The Bertz CT molecular complexity index is 769. The SMILES string of the molecule is CCC(=NNC(=O)c1ccc2c(c1)OCO2)c1ccc(OC)cc1. The highest BCUT2D eigenvalue weighted by Crippen LogP contribution is 2.32. The summed E-state index contributed by atoms with van der Waals surface area (Å²) >= 11 is 0. The number of rotatable bonds is 5. The third-order valence-electron chi connectivity index (χ3n) is 3.69. The van der Waals surface area contributed by atoms with Gasteiger partial charge in [-0.3, -0.25) is 4.79 Å². The van der Waals surface area contributed by atoms with Crippen LogP contribution >= 0.6 is 0 Å². The van der Waals surface area contributed by atoms with E-state index in [4.69, 9.17) is 14.2 Å². The first kappa shape index (κ1) is 15.9. The molecule has 0 saturated carbocycles. The molecule has 6 heteroatoms. The van der Waals surface area contributed by atoms with Gasteiger partial charge in [-0.25, -0.2) is 5.43 Å². The van der Waals surface area contributed by atoms with E-state index < -0.39 is 0 Å². The average molecular weight is 326 g/mol. The molecule has 0 aliphatic carbocycles. The number of hydrogen-bond donors (Lipinski definition) is 1. The van der Waals surface area contributed by atoms with Crippen molar-refractivity contribution in [2.45, 2.75) is 13.3 Å². The molecule has 0 unspecified atom stereocenters. The molecule has 1 heterocycles. The van der Waals surface area contributed by atoms with Crippen LogP contribution in [0.2, 0.25) is 0 Å². The van der Waals surface area contributed by atoms with Crippen molar-refractivity contribution in [1.29, 1.82) is 0 Å². The monoisotopic (exact) mass is 326 g/mol. The lowest BCUT2D eigenvalue weighted by Gasteiger charge is -2.07. The maximum Gasteiger partial charge on any atom is 0.271 e. The Labute approximate surface area is 140 Å². The number of ether oxygens (including phenoxy) is 3. The van der Waals surface area contributed by atoms with Crippen LogP contribution in [0.25, 0.3) is 0 Å². The van der Waals surface area contributed by atoms with Gasteiger partial charge in [0.15, 0.2) is 11.5 Å². The zero-order valence-corrected chi connectivity index (χ0v) is 13.5. The van der Waals surface area contributed by atoms with Gasteiger partial charge in [0.25, 0.3) is 5.91 Å². The number of nitrogens with one attached hydrogen (secondary N) is 1. The summed E-state index contributed by atoms with van der Waals surface area (Å²) in [5.74, 6) is 1.69. The zero-order valence-electron chi connectivity index (χ0n) is 13.5. The Hall–Kier alpha value is -3.02. The van der Waals surface area contributed by atoms with Gasteiger partial charge in [0.2, 0.25) is 6.79 Å². The first-order valence-corrected chi connectivity index (χ1v) is 7.62. The third kappa shape index (κ3) is 3.32. The van der Waals surface area contributed by atoms with Crippen LogP contribution in [0.3, 0.4) is 0 Å². The molecular formula is C18H18N2O4. The number of carbonyl (C=O) groups is 1. The minimum atomic E-state index is -0.298. The number of fused-ring (bicyclic) bond motifs is 1. The van der Waals surface area contributed by atoms with Crippen LogP contribution in [-0.2, 0) is 0 Å². The van der Waals surface area contributed by atoms with E-state index in [1.165, 1.54) is 0 Å². The van der Waals surface area contributed by atoms with E-state index >= 15 is 0 Å². The highest BCUT2D eigenvalue weighted by molar-refractivity contribution is 6.02. The molecule has 0 atom stereocenters. The average Bonchev–Trinajstić information content (AvgIpc) is 3.10. The van der Waals surface area contributed by atoms with Gasteiger partial charge in [0, 0.05) is 5.56 Å². The Morgan fingerprint density at radius 2 is 1.83 bits per heavy atom. The second-order valence-corrected chi connectivity index (χ2v) is 5.15. The Morgan fingerprint density at radius 3 is 2.54 bits per heavy atom. The van der Waals surface area contributed by atoms with Gasteiger partial charge in [0.1, 0.15) is 5.75 Å². The summed E-state index contributed by atoms with van der Waals surface area (Å²) in [6, 6.07) is 12.6. The van der Waals surface area contributed by atoms with Crippen molar-refractivity contribution >= 4 is 11.6 Å². The second-order valence-electron chi connectivity index (χ2n) is 5.15. The Morgan fingerprint density at radius 1 is 1.12 bits per heavy atom. The maximum atomic E-state index is 12.3. The van der Waals surface area contributed by atoms with Gasteiger partial charge < -0.3 is 14.2 Å². The van der Waals surface area contributed by atoms with Crippen molar-refractivity contribution < 1.29 is 19.0 Å².